The Morgan fingerprint density at radius 1 is 1.23 bits per heavy atom. The quantitative estimate of drug-likeness (QED) is 0.505. The maximum absolute atomic E-state index is 12.6. The van der Waals surface area contributed by atoms with Crippen LogP contribution in [-0.4, -0.2) is 40.8 Å². The molecule has 7 nitrogen and oxygen atoms in total. The van der Waals surface area contributed by atoms with Crippen LogP contribution in [-0.2, 0) is 16.6 Å². The minimum absolute atomic E-state index is 0.204. The number of halogens is 2. The summed E-state index contributed by atoms with van der Waals surface area (Å²) in [5.41, 5.74) is 2.40. The highest BCUT2D eigenvalue weighted by molar-refractivity contribution is 7.90. The number of aliphatic hydroxyl groups excluding tert-OH is 1. The van der Waals surface area contributed by atoms with Gasteiger partial charge in [-0.3, -0.25) is 4.79 Å². The molecule has 2 N–H and O–H groups in total. The van der Waals surface area contributed by atoms with E-state index in [1.165, 1.54) is 6.07 Å². The van der Waals surface area contributed by atoms with Gasteiger partial charge in [-0.1, -0.05) is 29.3 Å². The number of sulfonamides is 1. The van der Waals surface area contributed by atoms with Gasteiger partial charge in [0.2, 0.25) is 10.0 Å². The molecule has 0 unspecified atom stereocenters. The topological polar surface area (TPSA) is 101 Å². The third kappa shape index (κ3) is 5.98. The summed E-state index contributed by atoms with van der Waals surface area (Å²) in [5.74, 6) is -0.226. The molecule has 0 aliphatic carbocycles. The van der Waals surface area contributed by atoms with Crippen molar-refractivity contribution < 1.29 is 18.3 Å². The molecule has 166 valence electrons. The Labute approximate surface area is 191 Å². The summed E-state index contributed by atoms with van der Waals surface area (Å²) in [6.45, 7) is 3.85. The number of benzene rings is 2. The number of amides is 1. The number of hydrogen-bond acceptors (Lipinski definition) is 5. The first kappa shape index (κ1) is 23.5. The molecule has 0 saturated heterocycles. The normalized spacial score (nSPS) is 12.8. The summed E-state index contributed by atoms with van der Waals surface area (Å²) in [6.07, 6.45) is 0.00545. The fraction of sp³-hybridized carbons (Fsp3) is 0.333. The summed E-state index contributed by atoms with van der Waals surface area (Å²) in [4.78, 5) is 17.1. The minimum Gasteiger partial charge on any atom is -0.393 e. The van der Waals surface area contributed by atoms with Crippen molar-refractivity contribution in [1.82, 2.24) is 14.3 Å². The SMILES string of the molecule is Cc1nc2ccc(C(=O)NS(=O)(=O)CCC[C@@H](C)O)cc2n1Cc1ccc(Cl)cc1Cl. The van der Waals surface area contributed by atoms with E-state index in [9.17, 15) is 18.3 Å². The predicted octanol–water partition coefficient (Wildman–Crippen LogP) is 3.92. The van der Waals surface area contributed by atoms with Crippen molar-refractivity contribution in [3.05, 3.63) is 63.4 Å². The molecule has 2 aromatic carbocycles. The van der Waals surface area contributed by atoms with E-state index in [4.69, 9.17) is 23.2 Å². The molecule has 0 radical (unpaired) electrons. The highest BCUT2D eigenvalue weighted by Crippen LogP contribution is 2.25. The molecule has 1 heterocycles. The zero-order chi connectivity index (χ0) is 22.8. The lowest BCUT2D eigenvalue weighted by Gasteiger charge is -2.11. The van der Waals surface area contributed by atoms with Crippen LogP contribution in [0.15, 0.2) is 36.4 Å². The van der Waals surface area contributed by atoms with E-state index in [1.54, 1.807) is 31.2 Å². The summed E-state index contributed by atoms with van der Waals surface area (Å²) in [6, 6.07) is 10.1. The third-order valence-corrected chi connectivity index (χ3v) is 6.74. The van der Waals surface area contributed by atoms with E-state index in [1.807, 2.05) is 17.6 Å². The number of carbonyl (C=O) groups is 1. The first-order chi connectivity index (χ1) is 14.6. The van der Waals surface area contributed by atoms with Crippen molar-refractivity contribution in [2.24, 2.45) is 0 Å². The Kier molecular flexibility index (Phi) is 7.26. The van der Waals surface area contributed by atoms with Crippen LogP contribution in [0.1, 0.15) is 41.5 Å². The summed E-state index contributed by atoms with van der Waals surface area (Å²) < 4.78 is 28.3. The van der Waals surface area contributed by atoms with Crippen molar-refractivity contribution in [3.63, 3.8) is 0 Å². The van der Waals surface area contributed by atoms with E-state index < -0.39 is 22.0 Å². The highest BCUT2D eigenvalue weighted by atomic mass is 35.5. The molecule has 31 heavy (non-hydrogen) atoms. The maximum Gasteiger partial charge on any atom is 0.264 e. The lowest BCUT2D eigenvalue weighted by atomic mass is 10.2. The summed E-state index contributed by atoms with van der Waals surface area (Å²) in [7, 11) is -3.80. The lowest BCUT2D eigenvalue weighted by Crippen LogP contribution is -2.32. The third-order valence-electron chi connectivity index (χ3n) is 4.83. The van der Waals surface area contributed by atoms with Crippen molar-refractivity contribution in [2.45, 2.75) is 39.3 Å². The second kappa shape index (κ2) is 9.56. The molecule has 1 aromatic heterocycles. The number of aromatic nitrogens is 2. The van der Waals surface area contributed by atoms with Crippen LogP contribution in [0.5, 0.6) is 0 Å². The molecule has 0 aliphatic rings. The summed E-state index contributed by atoms with van der Waals surface area (Å²) in [5, 5.41) is 10.3. The monoisotopic (exact) mass is 483 g/mol. The van der Waals surface area contributed by atoms with Crippen molar-refractivity contribution in [3.8, 4) is 0 Å². The average Bonchev–Trinajstić information content (AvgIpc) is 2.97. The average molecular weight is 484 g/mol. The zero-order valence-corrected chi connectivity index (χ0v) is 19.4. The van der Waals surface area contributed by atoms with E-state index in [2.05, 4.69) is 9.71 Å². The molecule has 3 rings (SSSR count). The van der Waals surface area contributed by atoms with E-state index in [0.29, 0.717) is 34.0 Å². The number of aliphatic hydroxyl groups is 1. The Morgan fingerprint density at radius 3 is 2.65 bits per heavy atom. The molecule has 1 amide bonds. The lowest BCUT2D eigenvalue weighted by molar-refractivity contribution is 0.0981. The van der Waals surface area contributed by atoms with Crippen LogP contribution in [0.4, 0.5) is 0 Å². The molecule has 0 saturated carbocycles. The predicted molar refractivity (Wildman–Crippen MR) is 122 cm³/mol. The van der Waals surface area contributed by atoms with Gasteiger partial charge < -0.3 is 9.67 Å². The van der Waals surface area contributed by atoms with Gasteiger partial charge in [-0.25, -0.2) is 18.1 Å². The first-order valence-electron chi connectivity index (χ1n) is 9.69. The molecule has 0 fully saturated rings. The van der Waals surface area contributed by atoms with Crippen LogP contribution in [0, 0.1) is 6.92 Å². The van der Waals surface area contributed by atoms with Crippen LogP contribution in [0.3, 0.4) is 0 Å². The molecular formula is C21H23Cl2N3O4S. The number of nitrogens with zero attached hydrogens (tertiary/aromatic N) is 2. The fourth-order valence-corrected chi connectivity index (χ4v) is 4.74. The van der Waals surface area contributed by atoms with Gasteiger partial charge in [-0.05, 0) is 62.6 Å². The Balaban J connectivity index is 1.85. The zero-order valence-electron chi connectivity index (χ0n) is 17.1. The van der Waals surface area contributed by atoms with Gasteiger partial charge in [0.15, 0.2) is 0 Å². The molecule has 0 spiro atoms. The number of aryl methyl sites for hydroxylation is 1. The van der Waals surface area contributed by atoms with Gasteiger partial charge in [0.05, 0.1) is 29.4 Å². The standard InChI is InChI=1S/C21H23Cl2N3O4S/c1-13(27)4-3-9-31(29,30)25-21(28)15-6-8-19-20(10-15)26(14(2)24-19)12-16-5-7-17(22)11-18(16)23/h5-8,10-11,13,27H,3-4,9,12H2,1-2H3,(H,25,28)/t13-/m1/s1. The van der Waals surface area contributed by atoms with Gasteiger partial charge in [-0.15, -0.1) is 0 Å². The second-order valence-corrected chi connectivity index (χ2v) is 10.1. The molecule has 0 aliphatic heterocycles. The number of nitrogens with one attached hydrogen (secondary N) is 1. The van der Waals surface area contributed by atoms with Crippen molar-refractivity contribution in [1.29, 1.82) is 0 Å². The molecule has 0 bridgehead atoms. The Hall–Kier alpha value is -2.13. The van der Waals surface area contributed by atoms with Crippen molar-refractivity contribution in [2.75, 3.05) is 5.75 Å². The van der Waals surface area contributed by atoms with Gasteiger partial charge >= 0.3 is 0 Å². The van der Waals surface area contributed by atoms with Crippen molar-refractivity contribution >= 4 is 50.2 Å². The number of hydrogen-bond donors (Lipinski definition) is 2. The van der Waals surface area contributed by atoms with Gasteiger partial charge in [0.1, 0.15) is 5.82 Å². The number of rotatable bonds is 8. The van der Waals surface area contributed by atoms with Crippen LogP contribution < -0.4 is 4.72 Å². The number of imidazole rings is 1. The van der Waals surface area contributed by atoms with Gasteiger partial charge in [0.25, 0.3) is 5.91 Å². The number of fused-ring (bicyclic) bond motifs is 1. The van der Waals surface area contributed by atoms with E-state index >= 15 is 0 Å². The van der Waals surface area contributed by atoms with Gasteiger partial charge in [0, 0.05) is 15.6 Å². The largest absolute Gasteiger partial charge is 0.393 e. The Morgan fingerprint density at radius 2 is 1.97 bits per heavy atom. The minimum atomic E-state index is -3.80. The Bertz CT molecular complexity index is 1220. The smallest absolute Gasteiger partial charge is 0.264 e. The highest BCUT2D eigenvalue weighted by Gasteiger charge is 2.18. The summed E-state index contributed by atoms with van der Waals surface area (Å²) >= 11 is 12.3. The first-order valence-corrected chi connectivity index (χ1v) is 12.1. The van der Waals surface area contributed by atoms with Crippen LogP contribution in [0.2, 0.25) is 10.0 Å². The second-order valence-electron chi connectivity index (χ2n) is 7.43. The fourth-order valence-electron chi connectivity index (χ4n) is 3.22. The van der Waals surface area contributed by atoms with E-state index in [-0.39, 0.29) is 17.7 Å². The molecular weight excluding hydrogens is 461 g/mol. The molecule has 3 aromatic rings. The molecule has 1 atom stereocenters. The van der Waals surface area contributed by atoms with Gasteiger partial charge in [-0.2, -0.15) is 0 Å². The van der Waals surface area contributed by atoms with Crippen LogP contribution >= 0.6 is 23.2 Å². The molecule has 10 heteroatoms. The van der Waals surface area contributed by atoms with Crippen LogP contribution in [0.25, 0.3) is 11.0 Å². The number of carbonyl (C=O) groups excluding carboxylic acids is 1. The van der Waals surface area contributed by atoms with E-state index in [0.717, 1.165) is 11.4 Å². The maximum atomic E-state index is 12.6.